The first-order valence-corrected chi connectivity index (χ1v) is 22.4. The number of nitriles is 1. The molecule has 0 spiro atoms. The van der Waals surface area contributed by atoms with Gasteiger partial charge >= 0.3 is 0 Å². The van der Waals surface area contributed by atoms with Crippen molar-refractivity contribution in [2.24, 2.45) is 22.9 Å². The summed E-state index contributed by atoms with van der Waals surface area (Å²) >= 11 is 0. The fraction of sp³-hybridized carbons (Fsp3) is 0.408. The Kier molecular flexibility index (Phi) is 11.4. The SMILES string of the molecule is COc1ccc(C2=NN(C3CCN(C(=O)[C@@H](Cc4ccc(C#N)cc4)NC(=O)c4c[nH]c5c(-c6c(OCC7CC7)ccc7c6OCO7)ncnc45)CC3)C(=O)[C@@H]3CCCC[C@H]23)cc1OC. The molecule has 1 saturated heterocycles. The third-order valence-electron chi connectivity index (χ3n) is 13.4. The Morgan fingerprint density at radius 3 is 2.45 bits per heavy atom. The molecule has 65 heavy (non-hydrogen) atoms. The lowest BCUT2D eigenvalue weighted by Gasteiger charge is -2.43. The van der Waals surface area contributed by atoms with E-state index in [0.717, 1.165) is 55.4 Å². The summed E-state index contributed by atoms with van der Waals surface area (Å²) in [6, 6.07) is 17.4. The number of H-pyrrole nitrogens is 1. The van der Waals surface area contributed by atoms with Crippen molar-refractivity contribution in [2.45, 2.75) is 69.9 Å². The lowest BCUT2D eigenvalue weighted by atomic mass is 9.73. The number of methoxy groups -OCH3 is 2. The highest BCUT2D eigenvalue weighted by Crippen LogP contribution is 2.48. The number of likely N-dealkylation sites (tertiary alicyclic amines) is 1. The molecule has 2 N–H and O–H groups in total. The molecule has 16 heteroatoms. The molecular formula is C49H50N8O8. The second-order valence-corrected chi connectivity index (χ2v) is 17.4. The Morgan fingerprint density at radius 1 is 0.923 bits per heavy atom. The van der Waals surface area contributed by atoms with Gasteiger partial charge in [-0.3, -0.25) is 14.4 Å². The molecule has 3 fully saturated rings. The summed E-state index contributed by atoms with van der Waals surface area (Å²) < 4.78 is 29.0. The van der Waals surface area contributed by atoms with Crippen molar-refractivity contribution >= 4 is 34.5 Å². The molecule has 3 aromatic carbocycles. The number of piperidine rings is 1. The molecule has 2 aliphatic carbocycles. The Hall–Kier alpha value is -7.15. The van der Waals surface area contributed by atoms with Crippen LogP contribution in [0, 0.1) is 29.1 Å². The molecule has 16 nitrogen and oxygen atoms in total. The Balaban J connectivity index is 0.899. The average molecular weight is 879 g/mol. The second-order valence-electron chi connectivity index (χ2n) is 17.4. The summed E-state index contributed by atoms with van der Waals surface area (Å²) in [7, 11) is 3.21. The van der Waals surface area contributed by atoms with Gasteiger partial charge in [0.1, 0.15) is 29.3 Å². The number of aromatic nitrogens is 3. The van der Waals surface area contributed by atoms with Crippen LogP contribution < -0.4 is 29.0 Å². The minimum Gasteiger partial charge on any atom is -0.493 e. The number of hydrazone groups is 1. The summed E-state index contributed by atoms with van der Waals surface area (Å²) in [6.07, 6.45) is 10.1. The topological polar surface area (TPSA) is 194 Å². The van der Waals surface area contributed by atoms with Gasteiger partial charge in [0, 0.05) is 43.1 Å². The standard InChI is InChI=1S/C49H50N8O8/c1-61-37-14-13-31(22-40(37)62-2)42-33-5-3-4-6-34(33)48(59)57(55-42)32-17-19-56(20-18-32)49(60)36(21-28-7-9-29(23-50)10-8-28)54-47(58)35-24-51-45-43(35)52-26-53-44(45)41-38(63-25-30-11-12-30)15-16-39-46(41)65-27-64-39/h7-10,13-16,22,24,26,30,32-34,36,51H,3-6,11-12,17-21,25,27H2,1-2H3,(H,54,58)/t33-,34+,36+/m0/s1. The average Bonchev–Trinajstić information content (AvgIpc) is 3.87. The smallest absolute Gasteiger partial charge is 0.255 e. The molecule has 0 bridgehead atoms. The summed E-state index contributed by atoms with van der Waals surface area (Å²) in [5.41, 5.74) is 5.23. The van der Waals surface area contributed by atoms with Crippen LogP contribution in [0.5, 0.6) is 28.7 Å². The van der Waals surface area contributed by atoms with Gasteiger partial charge in [-0.1, -0.05) is 25.0 Å². The number of ether oxygens (including phenoxy) is 5. The van der Waals surface area contributed by atoms with Crippen LogP contribution >= 0.6 is 0 Å². The van der Waals surface area contributed by atoms with E-state index in [4.69, 9.17) is 28.8 Å². The Morgan fingerprint density at radius 2 is 1.69 bits per heavy atom. The summed E-state index contributed by atoms with van der Waals surface area (Å²) in [5, 5.41) is 19.3. The van der Waals surface area contributed by atoms with Gasteiger partial charge in [-0.2, -0.15) is 10.4 Å². The number of carbonyl (C=O) groups is 3. The molecular weight excluding hydrogens is 829 g/mol. The first kappa shape index (κ1) is 41.8. The van der Waals surface area contributed by atoms with Gasteiger partial charge in [-0.25, -0.2) is 15.0 Å². The number of hydrogen-bond acceptors (Lipinski definition) is 12. The van der Waals surface area contributed by atoms with Crippen LogP contribution in [-0.4, -0.2) is 101 Å². The van der Waals surface area contributed by atoms with E-state index in [-0.39, 0.29) is 48.5 Å². The maximum absolute atomic E-state index is 14.6. The van der Waals surface area contributed by atoms with Gasteiger partial charge in [0.25, 0.3) is 5.91 Å². The number of nitrogens with zero attached hydrogens (tertiary/aromatic N) is 6. The summed E-state index contributed by atoms with van der Waals surface area (Å²) in [5.74, 6) is 2.53. The molecule has 3 amide bonds. The highest BCUT2D eigenvalue weighted by molar-refractivity contribution is 6.09. The van der Waals surface area contributed by atoms with E-state index in [0.29, 0.717) is 95.1 Å². The highest BCUT2D eigenvalue weighted by atomic mass is 16.7. The minimum atomic E-state index is -0.960. The number of nitrogens with one attached hydrogen (secondary N) is 2. The Bertz CT molecular complexity index is 2720. The zero-order valence-electron chi connectivity index (χ0n) is 36.4. The van der Waals surface area contributed by atoms with E-state index in [1.165, 1.54) is 6.33 Å². The van der Waals surface area contributed by atoms with Crippen LogP contribution in [0.3, 0.4) is 0 Å². The maximum atomic E-state index is 14.6. The lowest BCUT2D eigenvalue weighted by molar-refractivity contribution is -0.143. The van der Waals surface area contributed by atoms with Crippen molar-refractivity contribution < 1.29 is 38.1 Å². The van der Waals surface area contributed by atoms with Crippen molar-refractivity contribution in [1.29, 1.82) is 5.26 Å². The molecule has 3 atom stereocenters. The monoisotopic (exact) mass is 878 g/mol. The van der Waals surface area contributed by atoms with Gasteiger partial charge in [0.15, 0.2) is 23.0 Å². The number of carbonyl (C=O) groups excluding carboxylic acids is 3. The molecule has 2 aromatic heterocycles. The minimum absolute atomic E-state index is 0.0140. The summed E-state index contributed by atoms with van der Waals surface area (Å²) in [4.78, 5) is 57.3. The molecule has 3 aliphatic heterocycles. The first-order valence-electron chi connectivity index (χ1n) is 22.4. The van der Waals surface area contributed by atoms with Gasteiger partial charge in [0.2, 0.25) is 18.6 Å². The quantitative estimate of drug-likeness (QED) is 0.133. The van der Waals surface area contributed by atoms with Crippen LogP contribution in [0.25, 0.3) is 22.3 Å². The number of benzene rings is 3. The fourth-order valence-corrected chi connectivity index (χ4v) is 9.72. The largest absolute Gasteiger partial charge is 0.493 e. The van der Waals surface area contributed by atoms with E-state index in [1.807, 2.05) is 30.3 Å². The van der Waals surface area contributed by atoms with Crippen molar-refractivity contribution in [2.75, 3.05) is 40.7 Å². The predicted octanol–water partition coefficient (Wildman–Crippen LogP) is 6.42. The number of aromatic amines is 1. The lowest BCUT2D eigenvalue weighted by Crippen LogP contribution is -2.55. The number of fused-ring (bicyclic) bond motifs is 3. The van der Waals surface area contributed by atoms with Crippen molar-refractivity contribution in [1.82, 2.24) is 30.2 Å². The third kappa shape index (κ3) is 8.15. The predicted molar refractivity (Wildman–Crippen MR) is 238 cm³/mol. The molecule has 5 aromatic rings. The van der Waals surface area contributed by atoms with Crippen LogP contribution in [-0.2, 0) is 16.0 Å². The molecule has 334 valence electrons. The molecule has 5 aliphatic rings. The molecule has 0 radical (unpaired) electrons. The molecule has 2 saturated carbocycles. The maximum Gasteiger partial charge on any atom is 0.255 e. The molecule has 10 rings (SSSR count). The van der Waals surface area contributed by atoms with E-state index in [9.17, 15) is 19.6 Å². The van der Waals surface area contributed by atoms with Crippen LogP contribution in [0.15, 0.2) is 72.2 Å². The highest BCUT2D eigenvalue weighted by Gasteiger charge is 2.44. The van der Waals surface area contributed by atoms with Gasteiger partial charge in [-0.05, 0) is 92.5 Å². The van der Waals surface area contributed by atoms with E-state index in [2.05, 4.69) is 26.3 Å². The molecule has 0 unspecified atom stereocenters. The first-order chi connectivity index (χ1) is 31.8. The van der Waals surface area contributed by atoms with Crippen LogP contribution in [0.2, 0.25) is 0 Å². The van der Waals surface area contributed by atoms with E-state index >= 15 is 0 Å². The zero-order valence-corrected chi connectivity index (χ0v) is 36.4. The van der Waals surface area contributed by atoms with Crippen LogP contribution in [0.1, 0.15) is 78.4 Å². The van der Waals surface area contributed by atoms with E-state index < -0.39 is 11.9 Å². The van der Waals surface area contributed by atoms with Gasteiger partial charge < -0.3 is 38.9 Å². The van der Waals surface area contributed by atoms with Crippen LogP contribution in [0.4, 0.5) is 0 Å². The third-order valence-corrected chi connectivity index (χ3v) is 13.4. The second kappa shape index (κ2) is 17.8. The molecule has 5 heterocycles. The normalized spacial score (nSPS) is 19.8. The fourth-order valence-electron chi connectivity index (χ4n) is 9.72. The van der Waals surface area contributed by atoms with Crippen molar-refractivity contribution in [3.05, 3.63) is 89.4 Å². The van der Waals surface area contributed by atoms with Gasteiger partial charge in [0.05, 0.1) is 60.9 Å². The Labute approximate surface area is 375 Å². The van der Waals surface area contributed by atoms with E-state index in [1.54, 1.807) is 54.6 Å². The number of rotatable bonds is 13. The van der Waals surface area contributed by atoms with Gasteiger partial charge in [-0.15, -0.1) is 0 Å². The zero-order chi connectivity index (χ0) is 44.6. The summed E-state index contributed by atoms with van der Waals surface area (Å²) in [6.45, 7) is 1.35. The number of amides is 3. The van der Waals surface area contributed by atoms with Crippen molar-refractivity contribution in [3.63, 3.8) is 0 Å². The number of hydrogen-bond donors (Lipinski definition) is 2. The van der Waals surface area contributed by atoms with Crippen molar-refractivity contribution in [3.8, 4) is 46.1 Å².